The van der Waals surface area contributed by atoms with E-state index in [-0.39, 0.29) is 18.1 Å². The highest BCUT2D eigenvalue weighted by atomic mass is 19.1. The van der Waals surface area contributed by atoms with Crippen molar-refractivity contribution in [1.82, 2.24) is 4.90 Å². The van der Waals surface area contributed by atoms with E-state index in [0.717, 1.165) is 12.1 Å². The molecule has 0 aromatic heterocycles. The molecule has 0 unspecified atom stereocenters. The summed E-state index contributed by atoms with van der Waals surface area (Å²) in [6.45, 7) is 5.49. The maximum atomic E-state index is 13.3. The van der Waals surface area contributed by atoms with Crippen molar-refractivity contribution in [3.05, 3.63) is 29.6 Å². The molecule has 0 spiro atoms. The highest BCUT2D eigenvalue weighted by Gasteiger charge is 2.11. The number of hydrogen-bond donors (Lipinski definition) is 2. The lowest BCUT2D eigenvalue weighted by Gasteiger charge is -2.22. The molecule has 1 aromatic carbocycles. The van der Waals surface area contributed by atoms with Crippen molar-refractivity contribution in [2.24, 2.45) is 11.7 Å². The third-order valence-corrected chi connectivity index (χ3v) is 2.47. The summed E-state index contributed by atoms with van der Waals surface area (Å²) in [6, 6.07) is 4.68. The number of amides is 1. The quantitative estimate of drug-likeness (QED) is 0.752. The number of benzene rings is 1. The van der Waals surface area contributed by atoms with Crippen LogP contribution in [-0.4, -0.2) is 23.9 Å². The van der Waals surface area contributed by atoms with Crippen LogP contribution in [0, 0.1) is 11.7 Å². The first kappa shape index (κ1) is 14.4. The van der Waals surface area contributed by atoms with Gasteiger partial charge < -0.3 is 11.5 Å². The fourth-order valence-corrected chi connectivity index (χ4v) is 1.85. The van der Waals surface area contributed by atoms with Gasteiger partial charge in [-0.2, -0.15) is 0 Å². The summed E-state index contributed by atoms with van der Waals surface area (Å²) >= 11 is 0. The molecule has 0 heterocycles. The summed E-state index contributed by atoms with van der Waals surface area (Å²) in [5, 5.41) is 0. The van der Waals surface area contributed by atoms with Crippen LogP contribution < -0.4 is 11.5 Å². The summed E-state index contributed by atoms with van der Waals surface area (Å²) in [5.41, 5.74) is 11.5. The summed E-state index contributed by atoms with van der Waals surface area (Å²) in [5.74, 6) is -0.411. The van der Waals surface area contributed by atoms with E-state index in [2.05, 4.69) is 13.8 Å². The molecule has 0 aliphatic carbocycles. The van der Waals surface area contributed by atoms with Gasteiger partial charge in [0, 0.05) is 13.1 Å². The Morgan fingerprint density at radius 3 is 2.61 bits per heavy atom. The lowest BCUT2D eigenvalue weighted by molar-refractivity contribution is -0.119. The van der Waals surface area contributed by atoms with Gasteiger partial charge in [-0.15, -0.1) is 0 Å². The van der Waals surface area contributed by atoms with Gasteiger partial charge in [0.15, 0.2) is 0 Å². The zero-order valence-electron chi connectivity index (χ0n) is 10.8. The molecule has 0 bridgehead atoms. The molecule has 1 amide bonds. The fourth-order valence-electron chi connectivity index (χ4n) is 1.85. The van der Waals surface area contributed by atoms with E-state index in [1.807, 2.05) is 4.90 Å². The van der Waals surface area contributed by atoms with Gasteiger partial charge in [-0.25, -0.2) is 4.39 Å². The van der Waals surface area contributed by atoms with Crippen LogP contribution in [0.1, 0.15) is 19.4 Å². The second-order valence-electron chi connectivity index (χ2n) is 4.89. The van der Waals surface area contributed by atoms with Crippen molar-refractivity contribution in [1.29, 1.82) is 0 Å². The Bertz CT molecular complexity index is 421. The Labute approximate surface area is 107 Å². The Morgan fingerprint density at radius 2 is 2.11 bits per heavy atom. The number of nitrogens with zero attached hydrogens (tertiary/aromatic N) is 1. The first-order valence-electron chi connectivity index (χ1n) is 5.93. The molecule has 0 saturated heterocycles. The first-order chi connectivity index (χ1) is 8.38. The fraction of sp³-hybridized carbons (Fsp3) is 0.462. The molecule has 4 N–H and O–H groups in total. The van der Waals surface area contributed by atoms with Crippen molar-refractivity contribution in [3.8, 4) is 0 Å². The molecular formula is C13H20FN3O. The topological polar surface area (TPSA) is 72.3 Å². The normalized spacial score (nSPS) is 11.2. The number of rotatable bonds is 6. The van der Waals surface area contributed by atoms with Crippen LogP contribution in [0.2, 0.25) is 0 Å². The largest absolute Gasteiger partial charge is 0.396 e. The number of hydrogen-bond acceptors (Lipinski definition) is 3. The van der Waals surface area contributed by atoms with Crippen LogP contribution in [0.4, 0.5) is 10.1 Å². The third kappa shape index (κ3) is 4.71. The van der Waals surface area contributed by atoms with Crippen molar-refractivity contribution < 1.29 is 9.18 Å². The van der Waals surface area contributed by atoms with Gasteiger partial charge in [0.1, 0.15) is 5.82 Å². The van der Waals surface area contributed by atoms with Crippen molar-refractivity contribution in [3.63, 3.8) is 0 Å². The summed E-state index contributed by atoms with van der Waals surface area (Å²) in [4.78, 5) is 12.9. The minimum absolute atomic E-state index is 0.129. The number of primary amides is 1. The van der Waals surface area contributed by atoms with E-state index >= 15 is 0 Å². The van der Waals surface area contributed by atoms with Gasteiger partial charge in [-0.3, -0.25) is 9.69 Å². The number of nitrogens with two attached hydrogens (primary N) is 2. The predicted molar refractivity (Wildman–Crippen MR) is 70.1 cm³/mol. The molecule has 18 heavy (non-hydrogen) atoms. The minimum atomic E-state index is -0.434. The van der Waals surface area contributed by atoms with Crippen molar-refractivity contribution in [2.45, 2.75) is 20.4 Å². The van der Waals surface area contributed by atoms with Crippen LogP contribution >= 0.6 is 0 Å². The van der Waals surface area contributed by atoms with Crippen LogP contribution in [0.5, 0.6) is 0 Å². The highest BCUT2D eigenvalue weighted by Crippen LogP contribution is 2.14. The smallest absolute Gasteiger partial charge is 0.231 e. The van der Waals surface area contributed by atoms with Gasteiger partial charge in [-0.05, 0) is 23.6 Å². The van der Waals surface area contributed by atoms with E-state index in [1.165, 1.54) is 12.1 Å². The molecule has 100 valence electrons. The monoisotopic (exact) mass is 253 g/mol. The second kappa shape index (κ2) is 6.35. The van der Waals surface area contributed by atoms with Crippen LogP contribution in [0.15, 0.2) is 18.2 Å². The molecular weight excluding hydrogens is 233 g/mol. The average molecular weight is 253 g/mol. The average Bonchev–Trinajstić information content (AvgIpc) is 2.21. The second-order valence-corrected chi connectivity index (χ2v) is 4.89. The summed E-state index contributed by atoms with van der Waals surface area (Å²) < 4.78 is 13.3. The highest BCUT2D eigenvalue weighted by molar-refractivity contribution is 5.75. The molecule has 0 aliphatic rings. The van der Waals surface area contributed by atoms with E-state index in [9.17, 15) is 9.18 Å². The molecule has 4 nitrogen and oxygen atoms in total. The molecule has 0 fully saturated rings. The third-order valence-electron chi connectivity index (χ3n) is 2.47. The number of carbonyl (C=O) groups excluding carboxylic acids is 1. The maximum absolute atomic E-state index is 13.3. The first-order valence-corrected chi connectivity index (χ1v) is 5.93. The zero-order chi connectivity index (χ0) is 13.7. The van der Waals surface area contributed by atoms with Crippen LogP contribution in [-0.2, 0) is 11.3 Å². The van der Waals surface area contributed by atoms with Crippen LogP contribution in [0.3, 0.4) is 0 Å². The maximum Gasteiger partial charge on any atom is 0.231 e. The molecule has 0 aliphatic heterocycles. The van der Waals surface area contributed by atoms with Gasteiger partial charge >= 0.3 is 0 Å². The SMILES string of the molecule is CC(C)CN(CC(N)=O)Cc1ccc(N)c(F)c1. The van der Waals surface area contributed by atoms with E-state index in [4.69, 9.17) is 11.5 Å². The molecule has 0 atom stereocenters. The van der Waals surface area contributed by atoms with E-state index < -0.39 is 5.82 Å². The zero-order valence-corrected chi connectivity index (χ0v) is 10.8. The van der Waals surface area contributed by atoms with E-state index in [1.54, 1.807) is 6.07 Å². The lowest BCUT2D eigenvalue weighted by Crippen LogP contribution is -2.35. The van der Waals surface area contributed by atoms with Gasteiger partial charge in [-0.1, -0.05) is 19.9 Å². The number of nitrogen functional groups attached to an aromatic ring is 1. The molecule has 5 heteroatoms. The lowest BCUT2D eigenvalue weighted by atomic mass is 10.1. The predicted octanol–water partition coefficient (Wildman–Crippen LogP) is 1.35. The molecule has 0 radical (unpaired) electrons. The summed E-state index contributed by atoms with van der Waals surface area (Å²) in [6.07, 6.45) is 0. The Kier molecular flexibility index (Phi) is 5.09. The number of halogens is 1. The number of carbonyl (C=O) groups is 1. The van der Waals surface area contributed by atoms with Crippen molar-refractivity contribution in [2.75, 3.05) is 18.8 Å². The molecule has 1 rings (SSSR count). The Morgan fingerprint density at radius 1 is 1.44 bits per heavy atom. The number of anilines is 1. The summed E-state index contributed by atoms with van der Waals surface area (Å²) in [7, 11) is 0. The Hall–Kier alpha value is -1.62. The van der Waals surface area contributed by atoms with Gasteiger partial charge in [0.05, 0.1) is 12.2 Å². The molecule has 1 aromatic rings. The van der Waals surface area contributed by atoms with Gasteiger partial charge in [0.25, 0.3) is 0 Å². The van der Waals surface area contributed by atoms with Crippen LogP contribution in [0.25, 0.3) is 0 Å². The standard InChI is InChI=1S/C13H20FN3O/c1-9(2)6-17(8-13(16)18)7-10-3-4-12(15)11(14)5-10/h3-5,9H,6-8,15H2,1-2H3,(H2,16,18). The molecule has 0 saturated carbocycles. The van der Waals surface area contributed by atoms with E-state index in [0.29, 0.717) is 12.5 Å². The van der Waals surface area contributed by atoms with Gasteiger partial charge in [0.2, 0.25) is 5.91 Å². The van der Waals surface area contributed by atoms with Crippen molar-refractivity contribution >= 4 is 11.6 Å². The minimum Gasteiger partial charge on any atom is -0.396 e. The Balaban J connectivity index is 2.74.